The van der Waals surface area contributed by atoms with Crippen molar-refractivity contribution < 1.29 is 9.90 Å². The summed E-state index contributed by atoms with van der Waals surface area (Å²) < 4.78 is 0. The first-order valence-corrected chi connectivity index (χ1v) is 5.67. The minimum Gasteiger partial charge on any atom is -0.480 e. The fourth-order valence-corrected chi connectivity index (χ4v) is 1.94. The third kappa shape index (κ3) is 2.54. The zero-order chi connectivity index (χ0) is 12.2. The highest BCUT2D eigenvalue weighted by molar-refractivity contribution is 6.31. The SMILES string of the molecule is CCCCC(N)(C(=O)O)c1ccccc1Cl. The van der Waals surface area contributed by atoms with Crippen LogP contribution in [0.3, 0.4) is 0 Å². The lowest BCUT2D eigenvalue weighted by Gasteiger charge is -2.26. The summed E-state index contributed by atoms with van der Waals surface area (Å²) in [6, 6.07) is 6.84. The summed E-state index contributed by atoms with van der Waals surface area (Å²) in [6.07, 6.45) is 2.05. The van der Waals surface area contributed by atoms with Crippen LogP contribution in [0.15, 0.2) is 24.3 Å². The van der Waals surface area contributed by atoms with Crippen molar-refractivity contribution in [3.8, 4) is 0 Å². The van der Waals surface area contributed by atoms with Gasteiger partial charge in [0.1, 0.15) is 5.54 Å². The number of unbranched alkanes of at least 4 members (excludes halogenated alkanes) is 1. The number of carbonyl (C=O) groups is 1. The smallest absolute Gasteiger partial charge is 0.328 e. The Labute approximate surface area is 100 Å². The molecule has 1 unspecified atom stereocenters. The molecule has 0 aliphatic rings. The second-order valence-corrected chi connectivity index (χ2v) is 4.27. The van der Waals surface area contributed by atoms with E-state index in [1.807, 2.05) is 6.92 Å². The Bertz CT molecular complexity index is 381. The molecule has 0 fully saturated rings. The van der Waals surface area contributed by atoms with Crippen molar-refractivity contribution in [2.24, 2.45) is 5.73 Å². The lowest BCUT2D eigenvalue weighted by atomic mass is 9.86. The molecule has 0 radical (unpaired) electrons. The highest BCUT2D eigenvalue weighted by Crippen LogP contribution is 2.30. The average Bonchev–Trinajstić information content (AvgIpc) is 2.26. The highest BCUT2D eigenvalue weighted by atomic mass is 35.5. The highest BCUT2D eigenvalue weighted by Gasteiger charge is 2.36. The van der Waals surface area contributed by atoms with Gasteiger partial charge in [0.05, 0.1) is 0 Å². The molecule has 0 amide bonds. The molecule has 3 nitrogen and oxygen atoms in total. The van der Waals surface area contributed by atoms with Crippen molar-refractivity contribution in [1.82, 2.24) is 0 Å². The molecule has 1 aromatic carbocycles. The maximum absolute atomic E-state index is 11.3. The molecule has 1 atom stereocenters. The maximum atomic E-state index is 11.3. The summed E-state index contributed by atoms with van der Waals surface area (Å²) in [4.78, 5) is 11.3. The number of halogens is 1. The second-order valence-electron chi connectivity index (χ2n) is 3.86. The third-order valence-corrected chi connectivity index (χ3v) is 2.99. The van der Waals surface area contributed by atoms with E-state index in [4.69, 9.17) is 17.3 Å². The number of carboxylic acid groups (broad SMARTS) is 1. The summed E-state index contributed by atoms with van der Waals surface area (Å²) in [5.41, 5.74) is 5.07. The Balaban J connectivity index is 3.11. The fourth-order valence-electron chi connectivity index (χ4n) is 1.64. The van der Waals surface area contributed by atoms with Gasteiger partial charge in [-0.05, 0) is 12.5 Å². The normalized spacial score (nSPS) is 14.4. The summed E-state index contributed by atoms with van der Waals surface area (Å²) in [7, 11) is 0. The molecule has 0 bridgehead atoms. The van der Waals surface area contributed by atoms with Crippen LogP contribution in [0.2, 0.25) is 5.02 Å². The minimum absolute atomic E-state index is 0.391. The molecule has 0 aliphatic carbocycles. The van der Waals surface area contributed by atoms with Crippen LogP contribution in [0.1, 0.15) is 31.7 Å². The molecule has 3 N–H and O–H groups in total. The topological polar surface area (TPSA) is 63.3 Å². The van der Waals surface area contributed by atoms with Crippen molar-refractivity contribution in [2.75, 3.05) is 0 Å². The quantitative estimate of drug-likeness (QED) is 0.833. The minimum atomic E-state index is -1.38. The van der Waals surface area contributed by atoms with Crippen molar-refractivity contribution >= 4 is 17.6 Å². The zero-order valence-electron chi connectivity index (χ0n) is 9.24. The number of hydrogen-bond donors (Lipinski definition) is 2. The van der Waals surface area contributed by atoms with Crippen LogP contribution in [0.4, 0.5) is 0 Å². The summed E-state index contributed by atoms with van der Waals surface area (Å²) >= 11 is 5.99. The van der Waals surface area contributed by atoms with Gasteiger partial charge in [-0.25, -0.2) is 4.79 Å². The maximum Gasteiger partial charge on any atom is 0.328 e. The number of benzene rings is 1. The predicted molar refractivity (Wildman–Crippen MR) is 64.5 cm³/mol. The van der Waals surface area contributed by atoms with E-state index in [0.29, 0.717) is 17.0 Å². The number of nitrogens with two attached hydrogens (primary N) is 1. The van der Waals surface area contributed by atoms with Crippen molar-refractivity contribution in [3.05, 3.63) is 34.9 Å². The van der Waals surface area contributed by atoms with Gasteiger partial charge in [0, 0.05) is 10.6 Å². The Morgan fingerprint density at radius 3 is 2.62 bits per heavy atom. The molecule has 88 valence electrons. The molecule has 0 aromatic heterocycles. The molecule has 0 heterocycles. The van der Waals surface area contributed by atoms with Gasteiger partial charge in [-0.3, -0.25) is 0 Å². The van der Waals surface area contributed by atoms with E-state index in [9.17, 15) is 9.90 Å². The van der Waals surface area contributed by atoms with Gasteiger partial charge < -0.3 is 10.8 Å². The van der Waals surface area contributed by atoms with Crippen molar-refractivity contribution in [2.45, 2.75) is 31.7 Å². The Hall–Kier alpha value is -1.06. The molecule has 0 spiro atoms. The van der Waals surface area contributed by atoms with Crippen molar-refractivity contribution in [3.63, 3.8) is 0 Å². The van der Waals surface area contributed by atoms with Gasteiger partial charge >= 0.3 is 5.97 Å². The van der Waals surface area contributed by atoms with E-state index >= 15 is 0 Å². The lowest BCUT2D eigenvalue weighted by Crippen LogP contribution is -2.45. The molecular weight excluding hydrogens is 226 g/mol. The predicted octanol–water partition coefficient (Wildman–Crippen LogP) is 2.77. The average molecular weight is 242 g/mol. The molecule has 1 aromatic rings. The third-order valence-electron chi connectivity index (χ3n) is 2.66. The Morgan fingerprint density at radius 2 is 2.12 bits per heavy atom. The van der Waals surface area contributed by atoms with E-state index in [2.05, 4.69) is 0 Å². The molecule has 4 heteroatoms. The summed E-state index contributed by atoms with van der Waals surface area (Å²) in [5, 5.41) is 9.66. The van der Waals surface area contributed by atoms with Crippen LogP contribution in [-0.4, -0.2) is 11.1 Å². The van der Waals surface area contributed by atoms with Gasteiger partial charge in [-0.1, -0.05) is 49.6 Å². The first kappa shape index (κ1) is 13.0. The van der Waals surface area contributed by atoms with Crippen LogP contribution in [0.5, 0.6) is 0 Å². The van der Waals surface area contributed by atoms with E-state index < -0.39 is 11.5 Å². The molecule has 1 rings (SSSR count). The second kappa shape index (κ2) is 5.32. The van der Waals surface area contributed by atoms with E-state index in [1.165, 1.54) is 0 Å². The molecular formula is C12H16ClNO2. The first-order chi connectivity index (χ1) is 7.52. The number of rotatable bonds is 5. The molecule has 0 saturated heterocycles. The molecule has 0 saturated carbocycles. The molecule has 16 heavy (non-hydrogen) atoms. The monoisotopic (exact) mass is 241 g/mol. The summed E-state index contributed by atoms with van der Waals surface area (Å²) in [6.45, 7) is 1.99. The van der Waals surface area contributed by atoms with E-state index in [0.717, 1.165) is 12.8 Å². The van der Waals surface area contributed by atoms with Crippen LogP contribution in [0, 0.1) is 0 Å². The van der Waals surface area contributed by atoms with Gasteiger partial charge in [-0.15, -0.1) is 0 Å². The Morgan fingerprint density at radius 1 is 1.50 bits per heavy atom. The number of aliphatic carboxylic acids is 1. The fraction of sp³-hybridized carbons (Fsp3) is 0.417. The van der Waals surface area contributed by atoms with Crippen LogP contribution in [0.25, 0.3) is 0 Å². The van der Waals surface area contributed by atoms with Gasteiger partial charge in [0.25, 0.3) is 0 Å². The standard InChI is InChI=1S/C12H16ClNO2/c1-2-3-8-12(14,11(15)16)9-6-4-5-7-10(9)13/h4-7H,2-3,8,14H2,1H3,(H,15,16). The van der Waals surface area contributed by atoms with Crippen molar-refractivity contribution in [1.29, 1.82) is 0 Å². The van der Waals surface area contributed by atoms with Gasteiger partial charge in [0.15, 0.2) is 0 Å². The van der Waals surface area contributed by atoms with Crippen LogP contribution >= 0.6 is 11.6 Å². The van der Waals surface area contributed by atoms with Crippen LogP contribution in [-0.2, 0) is 10.3 Å². The molecule has 0 aliphatic heterocycles. The van der Waals surface area contributed by atoms with Gasteiger partial charge in [-0.2, -0.15) is 0 Å². The lowest BCUT2D eigenvalue weighted by molar-refractivity contribution is -0.144. The van der Waals surface area contributed by atoms with E-state index in [-0.39, 0.29) is 0 Å². The first-order valence-electron chi connectivity index (χ1n) is 5.29. The number of hydrogen-bond acceptors (Lipinski definition) is 2. The zero-order valence-corrected chi connectivity index (χ0v) is 10.00. The largest absolute Gasteiger partial charge is 0.480 e. The Kier molecular flexibility index (Phi) is 4.33. The van der Waals surface area contributed by atoms with Crippen LogP contribution < -0.4 is 5.73 Å². The number of carboxylic acids is 1. The van der Waals surface area contributed by atoms with Gasteiger partial charge in [0.2, 0.25) is 0 Å². The summed E-state index contributed by atoms with van der Waals surface area (Å²) in [5.74, 6) is -1.03. The van der Waals surface area contributed by atoms with E-state index in [1.54, 1.807) is 24.3 Å².